The third-order valence-electron chi connectivity index (χ3n) is 3.88. The molecule has 1 heterocycles. The molecule has 3 aromatic rings. The van der Waals surface area contributed by atoms with Crippen LogP contribution in [0, 0.1) is 6.20 Å². The van der Waals surface area contributed by atoms with Gasteiger partial charge in [0.15, 0.2) is 0 Å². The Kier molecular flexibility index (Phi) is 4.53. The van der Waals surface area contributed by atoms with E-state index >= 15 is 0 Å². The van der Waals surface area contributed by atoms with Crippen molar-refractivity contribution in [2.24, 2.45) is 7.05 Å². The largest absolute Gasteiger partial charge is 0.496 e. The number of aromatic nitrogens is 2. The zero-order valence-electron chi connectivity index (χ0n) is 13.8. The second-order valence-corrected chi connectivity index (χ2v) is 5.63. The molecule has 1 aromatic heterocycles. The normalized spacial score (nSPS) is 11.6. The fourth-order valence-corrected chi connectivity index (χ4v) is 2.70. The van der Waals surface area contributed by atoms with Crippen molar-refractivity contribution in [1.29, 1.82) is 0 Å². The molecule has 6 heteroatoms. The van der Waals surface area contributed by atoms with Crippen molar-refractivity contribution in [2.75, 3.05) is 7.11 Å². The van der Waals surface area contributed by atoms with E-state index in [2.05, 4.69) is 11.3 Å². The van der Waals surface area contributed by atoms with Crippen molar-refractivity contribution in [3.05, 3.63) is 71.4 Å². The van der Waals surface area contributed by atoms with Gasteiger partial charge in [-0.3, -0.25) is 4.68 Å². The summed E-state index contributed by atoms with van der Waals surface area (Å²) in [6.45, 7) is 0. The van der Waals surface area contributed by atoms with Crippen LogP contribution in [0.5, 0.6) is 5.75 Å². The molecular formula is C19H16F3N2O. The Labute approximate surface area is 143 Å². The molecule has 0 saturated carbocycles. The van der Waals surface area contributed by atoms with E-state index in [0.29, 0.717) is 17.7 Å². The lowest BCUT2D eigenvalue weighted by Crippen LogP contribution is -2.04. The predicted molar refractivity (Wildman–Crippen MR) is 88.3 cm³/mol. The number of hydrogen-bond acceptors (Lipinski definition) is 2. The molecule has 2 aromatic carbocycles. The van der Waals surface area contributed by atoms with Gasteiger partial charge in [-0.25, -0.2) is 0 Å². The summed E-state index contributed by atoms with van der Waals surface area (Å²) in [5.41, 5.74) is 2.31. The van der Waals surface area contributed by atoms with Crippen LogP contribution >= 0.6 is 0 Å². The van der Waals surface area contributed by atoms with Gasteiger partial charge in [-0.15, -0.1) is 0 Å². The smallest absolute Gasteiger partial charge is 0.416 e. The molecule has 0 fully saturated rings. The van der Waals surface area contributed by atoms with Crippen LogP contribution in [-0.2, 0) is 19.6 Å². The minimum atomic E-state index is -4.35. The van der Waals surface area contributed by atoms with E-state index < -0.39 is 11.7 Å². The van der Waals surface area contributed by atoms with Crippen molar-refractivity contribution >= 4 is 0 Å². The number of methoxy groups -OCH3 is 1. The maximum absolute atomic E-state index is 12.7. The van der Waals surface area contributed by atoms with Crippen molar-refractivity contribution in [2.45, 2.75) is 12.6 Å². The quantitative estimate of drug-likeness (QED) is 0.696. The van der Waals surface area contributed by atoms with Gasteiger partial charge in [-0.2, -0.15) is 18.3 Å². The second-order valence-electron chi connectivity index (χ2n) is 5.63. The topological polar surface area (TPSA) is 27.1 Å². The van der Waals surface area contributed by atoms with Gasteiger partial charge in [0.2, 0.25) is 0 Å². The zero-order valence-corrected chi connectivity index (χ0v) is 13.8. The highest BCUT2D eigenvalue weighted by Crippen LogP contribution is 2.32. The molecule has 0 aliphatic rings. The third-order valence-corrected chi connectivity index (χ3v) is 3.88. The summed E-state index contributed by atoms with van der Waals surface area (Å²) in [5.74, 6) is 0.748. The average molecular weight is 345 g/mol. The molecule has 1 radical (unpaired) electrons. The molecule has 0 aliphatic carbocycles. The Morgan fingerprint density at radius 1 is 1.08 bits per heavy atom. The van der Waals surface area contributed by atoms with Gasteiger partial charge in [0.05, 0.1) is 24.6 Å². The summed E-state index contributed by atoms with van der Waals surface area (Å²) in [4.78, 5) is 0. The van der Waals surface area contributed by atoms with Crippen LogP contribution in [0.25, 0.3) is 11.3 Å². The van der Waals surface area contributed by atoms with E-state index in [0.717, 1.165) is 29.0 Å². The number of aryl methyl sites for hydroxylation is 1. The van der Waals surface area contributed by atoms with Crippen molar-refractivity contribution in [1.82, 2.24) is 9.78 Å². The first-order valence-electron chi connectivity index (χ1n) is 7.63. The van der Waals surface area contributed by atoms with E-state index in [-0.39, 0.29) is 0 Å². The number of halogens is 3. The highest BCUT2D eigenvalue weighted by Gasteiger charge is 2.30. The molecule has 0 atom stereocenters. The van der Waals surface area contributed by atoms with E-state index in [1.54, 1.807) is 14.2 Å². The molecule has 129 valence electrons. The van der Waals surface area contributed by atoms with Crippen LogP contribution in [0.4, 0.5) is 13.2 Å². The highest BCUT2D eigenvalue weighted by atomic mass is 19.4. The summed E-state index contributed by atoms with van der Waals surface area (Å²) in [6.07, 6.45) is -0.715. The first kappa shape index (κ1) is 17.1. The SMILES string of the molecule is COc1ccccc1Cc1[c]n(C)nc1-c1ccc(C(F)(F)F)cc1. The minimum absolute atomic E-state index is 0.522. The predicted octanol–water partition coefficient (Wildman–Crippen LogP) is 4.51. The lowest BCUT2D eigenvalue weighted by atomic mass is 10.0. The Hall–Kier alpha value is -2.76. The number of rotatable bonds is 4. The molecule has 3 nitrogen and oxygen atoms in total. The Morgan fingerprint density at radius 2 is 1.76 bits per heavy atom. The summed E-state index contributed by atoms with van der Waals surface area (Å²) >= 11 is 0. The highest BCUT2D eigenvalue weighted by molar-refractivity contribution is 5.64. The van der Waals surface area contributed by atoms with E-state index in [4.69, 9.17) is 4.74 Å². The van der Waals surface area contributed by atoms with E-state index in [1.807, 2.05) is 24.3 Å². The molecule has 0 amide bonds. The Morgan fingerprint density at radius 3 is 2.40 bits per heavy atom. The van der Waals surface area contributed by atoms with Crippen LogP contribution in [0.3, 0.4) is 0 Å². The summed E-state index contributed by atoms with van der Waals surface area (Å²) in [6, 6.07) is 12.6. The molecule has 25 heavy (non-hydrogen) atoms. The monoisotopic (exact) mass is 345 g/mol. The number of ether oxygens (including phenoxy) is 1. The zero-order chi connectivity index (χ0) is 18.0. The van der Waals surface area contributed by atoms with Gasteiger partial charge in [0, 0.05) is 24.6 Å². The first-order valence-corrected chi connectivity index (χ1v) is 7.63. The number of alkyl halides is 3. The van der Waals surface area contributed by atoms with Gasteiger partial charge in [0.1, 0.15) is 5.75 Å². The summed E-state index contributed by atoms with van der Waals surface area (Å²) < 4.78 is 45.1. The number of para-hydroxylation sites is 1. The summed E-state index contributed by atoms with van der Waals surface area (Å²) in [7, 11) is 3.34. The molecule has 0 bridgehead atoms. The van der Waals surface area contributed by atoms with E-state index in [1.165, 1.54) is 16.8 Å². The maximum atomic E-state index is 12.7. The summed E-state index contributed by atoms with van der Waals surface area (Å²) in [5, 5.41) is 4.36. The number of nitrogens with zero attached hydrogens (tertiary/aromatic N) is 2. The molecule has 0 spiro atoms. The average Bonchev–Trinajstić information content (AvgIpc) is 2.95. The number of benzene rings is 2. The van der Waals surface area contributed by atoms with Crippen molar-refractivity contribution in [3.63, 3.8) is 0 Å². The first-order chi connectivity index (χ1) is 11.9. The molecular weight excluding hydrogens is 329 g/mol. The molecule has 0 N–H and O–H groups in total. The lowest BCUT2D eigenvalue weighted by Gasteiger charge is -2.09. The Balaban J connectivity index is 1.96. The standard InChI is InChI=1S/C19H16F3N2O/c1-24-12-15(11-14-5-3-4-6-17(14)25-2)18(23-24)13-7-9-16(10-8-13)19(20,21)22/h3-10H,11H2,1-2H3. The van der Waals surface area contributed by atoms with E-state index in [9.17, 15) is 13.2 Å². The van der Waals surface area contributed by atoms with Gasteiger partial charge in [0.25, 0.3) is 0 Å². The third kappa shape index (κ3) is 3.68. The maximum Gasteiger partial charge on any atom is 0.416 e. The van der Waals surface area contributed by atoms with Gasteiger partial charge >= 0.3 is 6.18 Å². The van der Waals surface area contributed by atoms with Crippen LogP contribution < -0.4 is 4.74 Å². The van der Waals surface area contributed by atoms with Gasteiger partial charge in [-0.1, -0.05) is 30.3 Å². The van der Waals surface area contributed by atoms with Crippen LogP contribution in [-0.4, -0.2) is 16.9 Å². The molecule has 0 saturated heterocycles. The van der Waals surface area contributed by atoms with Gasteiger partial charge < -0.3 is 4.74 Å². The molecule has 0 unspecified atom stereocenters. The minimum Gasteiger partial charge on any atom is -0.496 e. The van der Waals surface area contributed by atoms with Crippen molar-refractivity contribution in [3.8, 4) is 17.0 Å². The van der Waals surface area contributed by atoms with Crippen LogP contribution in [0.2, 0.25) is 0 Å². The second kappa shape index (κ2) is 6.63. The molecule has 0 aliphatic heterocycles. The Bertz CT molecular complexity index is 867. The fraction of sp³-hybridized carbons (Fsp3) is 0.211. The van der Waals surface area contributed by atoms with Gasteiger partial charge in [-0.05, 0) is 23.8 Å². The fourth-order valence-electron chi connectivity index (χ4n) is 2.70. The lowest BCUT2D eigenvalue weighted by molar-refractivity contribution is -0.137. The molecule has 3 rings (SSSR count). The van der Waals surface area contributed by atoms with Crippen LogP contribution in [0.1, 0.15) is 16.7 Å². The van der Waals surface area contributed by atoms with Crippen LogP contribution in [0.15, 0.2) is 48.5 Å². The van der Waals surface area contributed by atoms with Crippen molar-refractivity contribution < 1.29 is 17.9 Å². The number of hydrogen-bond donors (Lipinski definition) is 0.